The highest BCUT2D eigenvalue weighted by molar-refractivity contribution is 6.76. The van der Waals surface area contributed by atoms with Gasteiger partial charge in [-0.1, -0.05) is 93.6 Å². The number of fused-ring (bicyclic) bond motifs is 5. The second-order valence-electron chi connectivity index (χ2n) is 14.8. The lowest BCUT2D eigenvalue weighted by Crippen LogP contribution is -2.31. The largest absolute Gasteiger partial charge is 0.512 e. The maximum Gasteiger partial charge on any atom is 0.107 e. The molecule has 0 amide bonds. The number of aliphatic hydroxyl groups excluding tert-OH is 2. The number of aromatic amines is 1. The van der Waals surface area contributed by atoms with E-state index in [1.54, 1.807) is 0 Å². The van der Waals surface area contributed by atoms with Crippen molar-refractivity contribution in [3.63, 3.8) is 0 Å². The van der Waals surface area contributed by atoms with Gasteiger partial charge in [0.1, 0.15) is 6.10 Å². The molecule has 0 saturated carbocycles. The van der Waals surface area contributed by atoms with E-state index in [-0.39, 0.29) is 0 Å². The van der Waals surface area contributed by atoms with E-state index in [1.165, 1.54) is 5.56 Å². The van der Waals surface area contributed by atoms with E-state index in [4.69, 9.17) is 15.0 Å². The molecule has 242 valence electrons. The zero-order valence-corrected chi connectivity index (χ0v) is 29.5. The van der Waals surface area contributed by atoms with Crippen molar-refractivity contribution in [2.45, 2.75) is 59.0 Å². The summed E-state index contributed by atoms with van der Waals surface area (Å²) in [6, 6.07) is 21.7. The first-order valence-corrected chi connectivity index (χ1v) is 20.3. The second kappa shape index (κ2) is 12.0. The normalized spacial score (nSPS) is 19.7. The van der Waals surface area contributed by atoms with Crippen LogP contribution in [0.1, 0.15) is 42.8 Å². The van der Waals surface area contributed by atoms with Crippen molar-refractivity contribution in [1.82, 2.24) is 4.98 Å². The van der Waals surface area contributed by atoms with E-state index in [9.17, 15) is 10.2 Å². The Hall–Kier alpha value is -4.85. The molecule has 1 aromatic heterocycles. The van der Waals surface area contributed by atoms with Gasteiger partial charge in [-0.3, -0.25) is 4.99 Å². The second-order valence-corrected chi connectivity index (χ2v) is 20.5. The molecule has 0 aliphatic carbocycles. The molecule has 4 aliphatic heterocycles. The third-order valence-corrected chi connectivity index (χ3v) is 11.2. The van der Waals surface area contributed by atoms with Crippen molar-refractivity contribution in [3.8, 4) is 0 Å². The fraction of sp³-hybridized carbons (Fsp3) is 0.244. The van der Waals surface area contributed by atoms with E-state index < -0.39 is 19.6 Å². The highest BCUT2D eigenvalue weighted by atomic mass is 28.3. The predicted molar refractivity (Wildman–Crippen MR) is 202 cm³/mol. The van der Waals surface area contributed by atoms with E-state index >= 15 is 0 Å². The van der Waals surface area contributed by atoms with E-state index in [0.717, 1.165) is 73.1 Å². The van der Waals surface area contributed by atoms with Crippen LogP contribution in [0.2, 0.25) is 25.7 Å². The number of aliphatic hydroxyl groups is 2. The van der Waals surface area contributed by atoms with Crippen molar-refractivity contribution < 1.29 is 10.2 Å². The Labute approximate surface area is 283 Å². The van der Waals surface area contributed by atoms with Gasteiger partial charge in [-0.25, -0.2) is 9.98 Å². The first-order valence-electron chi connectivity index (χ1n) is 16.6. The summed E-state index contributed by atoms with van der Waals surface area (Å²) >= 11 is 0. The molecule has 1 atom stereocenters. The van der Waals surface area contributed by atoms with Gasteiger partial charge in [-0.2, -0.15) is 0 Å². The van der Waals surface area contributed by atoms with Gasteiger partial charge in [0.2, 0.25) is 0 Å². The number of benzene rings is 2. The molecule has 48 heavy (non-hydrogen) atoms. The lowest BCUT2D eigenvalue weighted by atomic mass is 9.82. The van der Waals surface area contributed by atoms with Crippen LogP contribution in [-0.2, 0) is 0 Å². The molecular weight excluding hydrogens is 609 g/mol. The number of nitrogens with zero attached hydrogens (tertiary/aromatic N) is 3. The quantitative estimate of drug-likeness (QED) is 0.256. The summed E-state index contributed by atoms with van der Waals surface area (Å²) in [5.74, 6) is 0.434. The molecular formula is C41H42N4O2Si. The molecule has 0 saturated heterocycles. The number of rotatable bonds is 4. The molecule has 3 N–H and O–H groups in total. The van der Waals surface area contributed by atoms with Gasteiger partial charge in [0.25, 0.3) is 0 Å². The van der Waals surface area contributed by atoms with Crippen molar-refractivity contribution in [3.05, 3.63) is 141 Å². The standard InChI is InChI=1S/C41H42N4O2Si/c1-25-7-9-27(10-8-25)38-32-18-16-30(43-32)24-37-41(2,3)40(47)35(45-37)23-29-15-17-31(42-29)39(34-20-19-33(38)44-34)28-13-11-26(12-14-28)36(46)21-22-48(4,5)6/h7-20,23-24,40,42,46-47H,21-22H2,1-6H3. The highest BCUT2D eigenvalue weighted by Crippen LogP contribution is 2.38. The van der Waals surface area contributed by atoms with Crippen molar-refractivity contribution >= 4 is 48.2 Å². The van der Waals surface area contributed by atoms with Gasteiger partial charge in [-0.05, 0) is 66.3 Å². The summed E-state index contributed by atoms with van der Waals surface area (Å²) in [6.45, 7) is 13.1. The van der Waals surface area contributed by atoms with Crippen molar-refractivity contribution in [2.24, 2.45) is 20.4 Å². The fourth-order valence-corrected chi connectivity index (χ4v) is 7.41. The summed E-state index contributed by atoms with van der Waals surface area (Å²) < 4.78 is 0. The molecule has 0 spiro atoms. The molecule has 0 fully saturated rings. The average molecular weight is 651 g/mol. The molecule has 6 nitrogen and oxygen atoms in total. The summed E-state index contributed by atoms with van der Waals surface area (Å²) in [6.07, 6.45) is 12.0. The fourth-order valence-electron chi connectivity index (χ4n) is 6.42. The topological polar surface area (TPSA) is 93.3 Å². The molecule has 1 unspecified atom stereocenters. The van der Waals surface area contributed by atoms with Crippen LogP contribution in [0, 0.1) is 12.3 Å². The molecule has 8 bridgehead atoms. The van der Waals surface area contributed by atoms with Crippen LogP contribution in [0.3, 0.4) is 0 Å². The number of nitrogens with one attached hydrogen (secondary N) is 1. The van der Waals surface area contributed by atoms with Gasteiger partial charge in [0.15, 0.2) is 0 Å². The van der Waals surface area contributed by atoms with Gasteiger partial charge in [0.05, 0.1) is 40.0 Å². The molecule has 4 aliphatic rings. The number of allylic oxidation sites excluding steroid dienone is 6. The summed E-state index contributed by atoms with van der Waals surface area (Å²) in [5, 5.41) is 24.1. The highest BCUT2D eigenvalue weighted by Gasteiger charge is 2.40. The van der Waals surface area contributed by atoms with Crippen molar-refractivity contribution in [2.75, 3.05) is 0 Å². The lowest BCUT2D eigenvalue weighted by Gasteiger charge is -2.23. The summed E-state index contributed by atoms with van der Waals surface area (Å²) in [7, 11) is -1.28. The minimum absolute atomic E-state index is 0.434. The maximum absolute atomic E-state index is 11.4. The Balaban J connectivity index is 1.46. The maximum atomic E-state index is 11.4. The monoisotopic (exact) mass is 650 g/mol. The zero-order chi connectivity index (χ0) is 33.8. The number of H-pyrrole nitrogens is 1. The smallest absolute Gasteiger partial charge is 0.107 e. The third-order valence-electron chi connectivity index (χ3n) is 9.47. The van der Waals surface area contributed by atoms with Crippen LogP contribution in [0.4, 0.5) is 0 Å². The number of hydrogen-bond acceptors (Lipinski definition) is 5. The van der Waals surface area contributed by atoms with E-state index in [2.05, 4.69) is 86.2 Å². The molecule has 7 heteroatoms. The molecule has 3 aromatic rings. The van der Waals surface area contributed by atoms with Crippen LogP contribution >= 0.6 is 0 Å². The lowest BCUT2D eigenvalue weighted by molar-refractivity contribution is 0.138. The minimum Gasteiger partial charge on any atom is -0.512 e. The average Bonchev–Trinajstić information content (AvgIpc) is 3.85. The minimum atomic E-state index is -1.28. The number of aliphatic imine (C=N–C) groups is 3. The first-order chi connectivity index (χ1) is 22.9. The van der Waals surface area contributed by atoms with Gasteiger partial charge in [0, 0.05) is 47.7 Å². The summed E-state index contributed by atoms with van der Waals surface area (Å²) in [4.78, 5) is 18.8. The van der Waals surface area contributed by atoms with Crippen LogP contribution < -0.4 is 10.4 Å². The molecule has 5 heterocycles. The van der Waals surface area contributed by atoms with Gasteiger partial charge in [-0.15, -0.1) is 0 Å². The van der Waals surface area contributed by atoms with E-state index in [0.29, 0.717) is 17.9 Å². The molecule has 2 aromatic carbocycles. The van der Waals surface area contributed by atoms with Gasteiger partial charge >= 0.3 is 0 Å². The number of hydrogen-bond donors (Lipinski definition) is 3. The van der Waals surface area contributed by atoms with Crippen LogP contribution in [0.25, 0.3) is 23.0 Å². The Morgan fingerprint density at radius 3 is 2.25 bits per heavy atom. The SMILES string of the molecule is Cc1ccc(C2=C3C=CC(=N3)C(=c3ccc(=C(O)CC[Si](C)(C)C)cc3)c3ccc([nH]3)C=C3N=C(C=C4C=CC2=N4)C(C)(C)C3O)cc1. The molecule has 7 rings (SSSR count). The van der Waals surface area contributed by atoms with Crippen LogP contribution in [-0.4, -0.2) is 46.5 Å². The van der Waals surface area contributed by atoms with Crippen LogP contribution in [0.15, 0.2) is 123 Å². The Morgan fingerprint density at radius 2 is 1.52 bits per heavy atom. The van der Waals surface area contributed by atoms with Crippen molar-refractivity contribution in [1.29, 1.82) is 0 Å². The number of aryl methyl sites for hydroxylation is 1. The number of aromatic nitrogens is 1. The molecule has 0 radical (unpaired) electrons. The predicted octanol–water partition coefficient (Wildman–Crippen LogP) is 7.43. The van der Waals surface area contributed by atoms with Crippen LogP contribution in [0.5, 0.6) is 0 Å². The zero-order valence-electron chi connectivity index (χ0n) is 28.5. The summed E-state index contributed by atoms with van der Waals surface area (Å²) in [5.41, 5.74) is 9.91. The Kier molecular flexibility index (Phi) is 7.93. The van der Waals surface area contributed by atoms with Gasteiger partial charge < -0.3 is 15.2 Å². The Bertz CT molecular complexity index is 2190. The van der Waals surface area contributed by atoms with E-state index in [1.807, 2.05) is 56.4 Å². The third kappa shape index (κ3) is 6.11. The Morgan fingerprint density at radius 1 is 0.812 bits per heavy atom. The first kappa shape index (κ1) is 31.7.